The van der Waals surface area contributed by atoms with Crippen molar-refractivity contribution in [2.45, 2.75) is 30.7 Å². The van der Waals surface area contributed by atoms with Gasteiger partial charge in [-0.05, 0) is 67.1 Å². The van der Waals surface area contributed by atoms with Crippen molar-refractivity contribution in [2.24, 2.45) is 5.14 Å². The maximum absolute atomic E-state index is 13.6. The van der Waals surface area contributed by atoms with E-state index in [9.17, 15) is 17.8 Å². The number of benzene rings is 2. The molecule has 35 heavy (non-hydrogen) atoms. The Balaban J connectivity index is 1.63. The molecule has 0 spiro atoms. The summed E-state index contributed by atoms with van der Waals surface area (Å²) in [5.41, 5.74) is 2.27. The van der Waals surface area contributed by atoms with Gasteiger partial charge in [0.2, 0.25) is 0 Å². The van der Waals surface area contributed by atoms with Crippen molar-refractivity contribution in [3.8, 4) is 0 Å². The summed E-state index contributed by atoms with van der Waals surface area (Å²) in [6.07, 6.45) is 2.59. The van der Waals surface area contributed by atoms with E-state index in [1.165, 1.54) is 36.5 Å². The van der Waals surface area contributed by atoms with Crippen molar-refractivity contribution in [3.63, 3.8) is 0 Å². The quantitative estimate of drug-likeness (QED) is 0.421. The summed E-state index contributed by atoms with van der Waals surface area (Å²) in [6.45, 7) is 2.60. The predicted molar refractivity (Wildman–Crippen MR) is 131 cm³/mol. The number of aromatic nitrogens is 1. The molecule has 1 aromatic heterocycles. The van der Waals surface area contributed by atoms with Gasteiger partial charge in [0.25, 0.3) is 5.91 Å². The van der Waals surface area contributed by atoms with Crippen LogP contribution in [0.5, 0.6) is 0 Å². The lowest BCUT2D eigenvalue weighted by atomic mass is 9.89. The highest BCUT2D eigenvalue weighted by molar-refractivity contribution is 7.90. The summed E-state index contributed by atoms with van der Waals surface area (Å²) in [5.74, 6) is -0.863. The Hall–Kier alpha value is -3.08. The average molecular weight is 520 g/mol. The summed E-state index contributed by atoms with van der Waals surface area (Å²) >= 11 is 6.45. The van der Waals surface area contributed by atoms with Crippen molar-refractivity contribution in [2.75, 3.05) is 18.4 Å². The third-order valence-corrected chi connectivity index (χ3v) is 7.44. The van der Waals surface area contributed by atoms with E-state index >= 15 is 0 Å². The fourth-order valence-electron chi connectivity index (χ4n) is 4.19. The van der Waals surface area contributed by atoms with Gasteiger partial charge in [0.1, 0.15) is 16.7 Å². The lowest BCUT2D eigenvalue weighted by Crippen LogP contribution is -2.38. The van der Waals surface area contributed by atoms with E-state index in [4.69, 9.17) is 21.5 Å². The largest absolute Gasteiger partial charge is 0.353 e. The zero-order valence-corrected chi connectivity index (χ0v) is 20.4. The SMILES string of the molecule is Cc1cc(F)ccc1Nc1c(C(=O)N2CCC(c3ccc(F)cc3)CC2)cnc(S(=N)(N)=O)c1Cl. The van der Waals surface area contributed by atoms with Crippen molar-refractivity contribution >= 4 is 38.8 Å². The first kappa shape index (κ1) is 25.0. The van der Waals surface area contributed by atoms with Crippen molar-refractivity contribution in [1.82, 2.24) is 9.88 Å². The zero-order chi connectivity index (χ0) is 25.3. The monoisotopic (exact) mass is 519 g/mol. The average Bonchev–Trinajstić information content (AvgIpc) is 2.81. The molecule has 184 valence electrons. The smallest absolute Gasteiger partial charge is 0.257 e. The molecule has 1 aliphatic rings. The Morgan fingerprint density at radius 2 is 1.80 bits per heavy atom. The minimum absolute atomic E-state index is 0.0995. The highest BCUT2D eigenvalue weighted by Gasteiger charge is 2.29. The Morgan fingerprint density at radius 3 is 2.40 bits per heavy atom. The van der Waals surface area contributed by atoms with Crippen LogP contribution in [0.4, 0.5) is 20.2 Å². The van der Waals surface area contributed by atoms with Gasteiger partial charge >= 0.3 is 0 Å². The summed E-state index contributed by atoms with van der Waals surface area (Å²) < 4.78 is 46.8. The third kappa shape index (κ3) is 5.44. The molecule has 3 aromatic rings. The van der Waals surface area contributed by atoms with Gasteiger partial charge in [0.05, 0.1) is 11.3 Å². The predicted octanol–water partition coefficient (Wildman–Crippen LogP) is 5.36. The highest BCUT2D eigenvalue weighted by atomic mass is 35.5. The van der Waals surface area contributed by atoms with Gasteiger partial charge in [-0.15, -0.1) is 0 Å². The molecule has 1 atom stereocenters. The molecule has 4 rings (SSSR count). The molecule has 2 heterocycles. The first-order valence-electron chi connectivity index (χ1n) is 10.9. The van der Waals surface area contributed by atoms with Crippen LogP contribution in [-0.4, -0.2) is 33.1 Å². The fraction of sp³-hybridized carbons (Fsp3) is 0.250. The van der Waals surface area contributed by atoms with E-state index in [1.54, 1.807) is 24.0 Å². The zero-order valence-electron chi connectivity index (χ0n) is 18.9. The van der Waals surface area contributed by atoms with Crippen LogP contribution in [0.2, 0.25) is 5.02 Å². The summed E-state index contributed by atoms with van der Waals surface area (Å²) in [7, 11) is -3.77. The highest BCUT2D eigenvalue weighted by Crippen LogP contribution is 2.36. The molecule has 1 amide bonds. The van der Waals surface area contributed by atoms with Crippen LogP contribution < -0.4 is 10.5 Å². The summed E-state index contributed by atoms with van der Waals surface area (Å²) in [5, 5.41) is 7.93. The maximum atomic E-state index is 13.6. The van der Waals surface area contributed by atoms with Gasteiger partial charge in [0, 0.05) is 25.0 Å². The second kappa shape index (κ2) is 9.88. The number of carbonyl (C=O) groups excluding carboxylic acids is 1. The van der Waals surface area contributed by atoms with E-state index in [2.05, 4.69) is 10.3 Å². The van der Waals surface area contributed by atoms with E-state index in [0.29, 0.717) is 37.2 Å². The molecule has 11 heteroatoms. The lowest BCUT2D eigenvalue weighted by molar-refractivity contribution is 0.0713. The Labute approximate surface area is 207 Å². The second-order valence-electron chi connectivity index (χ2n) is 8.47. The minimum Gasteiger partial charge on any atom is -0.353 e. The maximum Gasteiger partial charge on any atom is 0.257 e. The van der Waals surface area contributed by atoms with Gasteiger partial charge in [-0.25, -0.2) is 27.9 Å². The van der Waals surface area contributed by atoms with Crippen LogP contribution in [0.25, 0.3) is 0 Å². The number of nitrogens with one attached hydrogen (secondary N) is 2. The number of halogens is 3. The molecule has 1 fully saturated rings. The van der Waals surface area contributed by atoms with Crippen LogP contribution in [0.1, 0.15) is 40.2 Å². The van der Waals surface area contributed by atoms with Gasteiger partial charge in [-0.2, -0.15) is 0 Å². The molecule has 0 radical (unpaired) electrons. The number of amides is 1. The van der Waals surface area contributed by atoms with Gasteiger partial charge < -0.3 is 10.2 Å². The first-order valence-corrected chi connectivity index (χ1v) is 12.9. The van der Waals surface area contributed by atoms with E-state index in [1.807, 2.05) is 0 Å². The number of rotatable bonds is 5. The standard InChI is InChI=1S/C24H24ClF2N5O2S/c1-14-12-18(27)6-7-20(14)31-22-19(13-30-23(21(22)25)35(28,29)34)24(33)32-10-8-16(9-11-32)15-2-4-17(26)5-3-15/h2-7,12-13,16H,8-11H2,1H3,(H,30,31)(H3,28,29,34). The molecule has 1 saturated heterocycles. The molecular formula is C24H24ClF2N5O2S. The summed E-state index contributed by atoms with van der Waals surface area (Å²) in [4.78, 5) is 19.1. The number of aryl methyl sites for hydroxylation is 1. The number of hydrogen-bond acceptors (Lipinski definition) is 5. The number of carbonyl (C=O) groups is 1. The van der Waals surface area contributed by atoms with Crippen molar-refractivity contribution in [1.29, 1.82) is 4.78 Å². The van der Waals surface area contributed by atoms with Gasteiger partial charge in [-0.3, -0.25) is 4.79 Å². The number of nitrogens with two attached hydrogens (primary N) is 1. The Kier molecular flexibility index (Phi) is 7.07. The van der Waals surface area contributed by atoms with Crippen LogP contribution >= 0.6 is 11.6 Å². The van der Waals surface area contributed by atoms with E-state index in [-0.39, 0.29) is 38.9 Å². The van der Waals surface area contributed by atoms with E-state index < -0.39 is 15.7 Å². The molecule has 7 nitrogen and oxygen atoms in total. The minimum atomic E-state index is -3.77. The Morgan fingerprint density at radius 1 is 1.17 bits per heavy atom. The van der Waals surface area contributed by atoms with Crippen LogP contribution in [-0.2, 0) is 9.92 Å². The molecule has 0 bridgehead atoms. The number of hydrogen-bond donors (Lipinski definition) is 3. The molecule has 0 aliphatic carbocycles. The molecule has 4 N–H and O–H groups in total. The third-order valence-electron chi connectivity index (χ3n) is 6.08. The van der Waals surface area contributed by atoms with E-state index in [0.717, 1.165) is 5.56 Å². The van der Waals surface area contributed by atoms with Crippen LogP contribution in [0.3, 0.4) is 0 Å². The van der Waals surface area contributed by atoms with Crippen molar-refractivity contribution < 1.29 is 17.8 Å². The second-order valence-corrected chi connectivity index (χ2v) is 10.4. The lowest BCUT2D eigenvalue weighted by Gasteiger charge is -2.33. The number of pyridine rings is 1. The molecular weight excluding hydrogens is 496 g/mol. The number of piperidine rings is 1. The molecule has 0 saturated carbocycles. The Bertz CT molecular complexity index is 1380. The normalized spacial score (nSPS) is 16.1. The molecule has 1 aliphatic heterocycles. The van der Waals surface area contributed by atoms with Crippen LogP contribution in [0.15, 0.2) is 53.7 Å². The topological polar surface area (TPSA) is 112 Å². The first-order chi connectivity index (χ1) is 16.5. The van der Waals surface area contributed by atoms with Crippen LogP contribution in [0, 0.1) is 23.3 Å². The van der Waals surface area contributed by atoms with Gasteiger partial charge in [0.15, 0.2) is 14.9 Å². The molecule has 1 unspecified atom stereocenters. The molecule has 2 aromatic carbocycles. The summed E-state index contributed by atoms with van der Waals surface area (Å²) in [6, 6.07) is 10.4. The van der Waals surface area contributed by atoms with Gasteiger partial charge in [-0.1, -0.05) is 23.7 Å². The number of likely N-dealkylation sites (tertiary alicyclic amines) is 1. The van der Waals surface area contributed by atoms with Crippen molar-refractivity contribution in [3.05, 3.63) is 82.0 Å². The number of anilines is 2. The number of nitrogens with zero attached hydrogens (tertiary/aromatic N) is 2. The fourth-order valence-corrected chi connectivity index (χ4v) is 5.31.